The molecule has 0 saturated carbocycles. The first-order valence-electron chi connectivity index (χ1n) is 8.80. The van der Waals surface area contributed by atoms with Gasteiger partial charge in [-0.2, -0.15) is 5.26 Å². The lowest BCUT2D eigenvalue weighted by Gasteiger charge is -2.30. The summed E-state index contributed by atoms with van der Waals surface area (Å²) in [6, 6.07) is 13.9. The van der Waals surface area contributed by atoms with E-state index < -0.39 is 14.9 Å². The van der Waals surface area contributed by atoms with E-state index in [1.54, 1.807) is 42.2 Å². The van der Waals surface area contributed by atoms with Crippen molar-refractivity contribution in [1.29, 1.82) is 5.26 Å². The van der Waals surface area contributed by atoms with Gasteiger partial charge in [0.15, 0.2) is 0 Å². The molecule has 0 atom stereocenters. The molecule has 0 spiro atoms. The van der Waals surface area contributed by atoms with Crippen molar-refractivity contribution >= 4 is 33.2 Å². The normalized spacial score (nSPS) is 13.4. The van der Waals surface area contributed by atoms with Crippen molar-refractivity contribution in [2.24, 2.45) is 0 Å². The van der Waals surface area contributed by atoms with Crippen LogP contribution in [0.1, 0.15) is 5.56 Å². The number of nitro benzene ring substituents is 1. The summed E-state index contributed by atoms with van der Waals surface area (Å²) in [4.78, 5) is 15.3. The number of nitro groups is 1. The highest BCUT2D eigenvalue weighted by Gasteiger charge is 2.31. The van der Waals surface area contributed by atoms with Crippen molar-refractivity contribution in [2.45, 2.75) is 9.79 Å². The number of nitriles is 1. The lowest BCUT2D eigenvalue weighted by molar-refractivity contribution is -0.384. The molecular weight excluding hydrogens is 424 g/mol. The molecule has 2 aromatic carbocycles. The SMILES string of the molecule is N#Cc1ccc(-c2cncc3c2SCCN3S(=O)(=O)c2ccc([N+](=O)[O-])cc2)cc1. The van der Waals surface area contributed by atoms with E-state index in [2.05, 4.69) is 11.1 Å². The number of rotatable bonds is 4. The maximum atomic E-state index is 13.2. The lowest BCUT2D eigenvalue weighted by atomic mass is 10.1. The lowest BCUT2D eigenvalue weighted by Crippen LogP contribution is -2.35. The van der Waals surface area contributed by atoms with E-state index in [9.17, 15) is 18.5 Å². The van der Waals surface area contributed by atoms with Gasteiger partial charge in [0.2, 0.25) is 0 Å². The van der Waals surface area contributed by atoms with Crippen molar-refractivity contribution in [3.05, 3.63) is 76.6 Å². The smallest absolute Gasteiger partial charge is 0.263 e. The number of hydrogen-bond donors (Lipinski definition) is 0. The molecule has 8 nitrogen and oxygen atoms in total. The topological polar surface area (TPSA) is 117 Å². The molecule has 3 aromatic rings. The highest BCUT2D eigenvalue weighted by molar-refractivity contribution is 8.00. The summed E-state index contributed by atoms with van der Waals surface area (Å²) in [6.45, 7) is 0.259. The highest BCUT2D eigenvalue weighted by atomic mass is 32.2. The number of non-ortho nitro benzene ring substituents is 1. The predicted octanol–water partition coefficient (Wildman–Crippen LogP) is 3.83. The van der Waals surface area contributed by atoms with E-state index in [4.69, 9.17) is 5.26 Å². The van der Waals surface area contributed by atoms with Crippen LogP contribution in [-0.4, -0.2) is 30.6 Å². The van der Waals surface area contributed by atoms with Crippen LogP contribution in [0.25, 0.3) is 11.1 Å². The molecule has 0 saturated heterocycles. The van der Waals surface area contributed by atoms with Crippen molar-refractivity contribution in [3.8, 4) is 17.2 Å². The fraction of sp³-hybridized carbons (Fsp3) is 0.100. The second-order valence-electron chi connectivity index (χ2n) is 6.40. The minimum atomic E-state index is -3.91. The van der Waals surface area contributed by atoms with Crippen LogP contribution in [0.4, 0.5) is 11.4 Å². The summed E-state index contributed by atoms with van der Waals surface area (Å²) in [6.07, 6.45) is 3.19. The Morgan fingerprint density at radius 3 is 2.43 bits per heavy atom. The predicted molar refractivity (Wildman–Crippen MR) is 113 cm³/mol. The molecule has 150 valence electrons. The molecule has 1 aliphatic rings. The molecule has 0 N–H and O–H groups in total. The molecule has 0 bridgehead atoms. The molecule has 30 heavy (non-hydrogen) atoms. The quantitative estimate of drug-likeness (QED) is 0.449. The van der Waals surface area contributed by atoms with Crippen LogP contribution in [-0.2, 0) is 10.0 Å². The maximum absolute atomic E-state index is 13.2. The number of thioether (sulfide) groups is 1. The average Bonchev–Trinajstić information content (AvgIpc) is 2.78. The van der Waals surface area contributed by atoms with Gasteiger partial charge in [0.1, 0.15) is 0 Å². The first kappa shape index (κ1) is 19.9. The first-order chi connectivity index (χ1) is 14.4. The van der Waals surface area contributed by atoms with Crippen LogP contribution in [0.15, 0.2) is 70.7 Å². The maximum Gasteiger partial charge on any atom is 0.269 e. The standard InChI is InChI=1S/C20H14N4O4S2/c21-11-14-1-3-15(4-2-14)18-12-22-13-19-20(18)29-10-9-23(19)30(27,28)17-7-5-16(6-8-17)24(25)26/h1-8,12-13H,9-10H2. The molecule has 2 heterocycles. The third-order valence-electron chi connectivity index (χ3n) is 4.65. The van der Waals surface area contributed by atoms with E-state index >= 15 is 0 Å². The van der Waals surface area contributed by atoms with Crippen molar-refractivity contribution in [1.82, 2.24) is 4.98 Å². The van der Waals surface area contributed by atoms with E-state index in [1.165, 1.54) is 34.8 Å². The summed E-state index contributed by atoms with van der Waals surface area (Å²) in [5.74, 6) is 0.548. The summed E-state index contributed by atoms with van der Waals surface area (Å²) in [5.41, 5.74) is 2.44. The Kier molecular flexibility index (Phi) is 5.15. The third-order valence-corrected chi connectivity index (χ3v) is 7.58. The fourth-order valence-corrected chi connectivity index (χ4v) is 5.92. The number of aromatic nitrogens is 1. The zero-order valence-corrected chi connectivity index (χ0v) is 17.1. The number of anilines is 1. The summed E-state index contributed by atoms with van der Waals surface area (Å²) >= 11 is 1.54. The molecule has 1 aliphatic heterocycles. The van der Waals surface area contributed by atoms with Crippen molar-refractivity contribution in [2.75, 3.05) is 16.6 Å². The van der Waals surface area contributed by atoms with Crippen molar-refractivity contribution < 1.29 is 13.3 Å². The minimum Gasteiger partial charge on any atom is -0.263 e. The average molecular weight is 438 g/mol. The van der Waals surface area contributed by atoms with Gasteiger partial charge in [-0.05, 0) is 29.8 Å². The molecule has 0 unspecified atom stereocenters. The first-order valence-corrected chi connectivity index (χ1v) is 11.2. The van der Waals surface area contributed by atoms with Gasteiger partial charge in [-0.3, -0.25) is 19.4 Å². The molecule has 0 radical (unpaired) electrons. The Bertz CT molecular complexity index is 1270. The zero-order chi connectivity index (χ0) is 21.3. The van der Waals surface area contributed by atoms with Gasteiger partial charge >= 0.3 is 0 Å². The Balaban J connectivity index is 1.77. The number of nitrogens with zero attached hydrogens (tertiary/aromatic N) is 4. The molecule has 10 heteroatoms. The van der Waals surface area contributed by atoms with E-state index in [1.807, 2.05) is 0 Å². The number of fused-ring (bicyclic) bond motifs is 1. The summed E-state index contributed by atoms with van der Waals surface area (Å²) in [7, 11) is -3.91. The van der Waals surface area contributed by atoms with Gasteiger partial charge in [-0.1, -0.05) is 12.1 Å². The summed E-state index contributed by atoms with van der Waals surface area (Å²) in [5, 5.41) is 19.9. The number of sulfonamides is 1. The van der Waals surface area contributed by atoms with E-state index in [-0.39, 0.29) is 17.1 Å². The Hall–Kier alpha value is -3.42. The van der Waals surface area contributed by atoms with Gasteiger partial charge in [-0.25, -0.2) is 8.42 Å². The van der Waals surface area contributed by atoms with Gasteiger partial charge in [0.25, 0.3) is 15.7 Å². The number of hydrogen-bond acceptors (Lipinski definition) is 7. The van der Waals surface area contributed by atoms with Gasteiger partial charge in [-0.15, -0.1) is 11.8 Å². The van der Waals surface area contributed by atoms with E-state index in [0.29, 0.717) is 17.0 Å². The molecular formula is C20H14N4O4S2. The van der Waals surface area contributed by atoms with Crippen LogP contribution in [0.5, 0.6) is 0 Å². The fourth-order valence-electron chi connectivity index (χ4n) is 3.16. The van der Waals surface area contributed by atoms with Crippen LogP contribution in [0.2, 0.25) is 0 Å². The molecule has 1 aromatic heterocycles. The van der Waals surface area contributed by atoms with Gasteiger partial charge in [0.05, 0.1) is 33.3 Å². The van der Waals surface area contributed by atoms with Crippen LogP contribution >= 0.6 is 11.8 Å². The van der Waals surface area contributed by atoms with Crippen LogP contribution < -0.4 is 4.31 Å². The summed E-state index contributed by atoms with van der Waals surface area (Å²) < 4.78 is 27.8. The largest absolute Gasteiger partial charge is 0.269 e. The molecule has 4 rings (SSSR count). The second kappa shape index (κ2) is 7.78. The molecule has 0 amide bonds. The van der Waals surface area contributed by atoms with Crippen LogP contribution in [0, 0.1) is 21.4 Å². The number of benzene rings is 2. The highest BCUT2D eigenvalue weighted by Crippen LogP contribution is 2.43. The Labute approximate surface area is 177 Å². The third kappa shape index (κ3) is 3.49. The monoisotopic (exact) mass is 438 g/mol. The molecule has 0 fully saturated rings. The Morgan fingerprint density at radius 2 is 1.80 bits per heavy atom. The Morgan fingerprint density at radius 1 is 1.10 bits per heavy atom. The second-order valence-corrected chi connectivity index (χ2v) is 9.37. The van der Waals surface area contributed by atoms with Gasteiger partial charge in [0, 0.05) is 41.1 Å². The minimum absolute atomic E-state index is 0.0188. The number of pyridine rings is 1. The van der Waals surface area contributed by atoms with Crippen LogP contribution in [0.3, 0.4) is 0 Å². The van der Waals surface area contributed by atoms with Gasteiger partial charge < -0.3 is 0 Å². The van der Waals surface area contributed by atoms with E-state index in [0.717, 1.165) is 16.0 Å². The zero-order valence-electron chi connectivity index (χ0n) is 15.4. The van der Waals surface area contributed by atoms with Crippen molar-refractivity contribution in [3.63, 3.8) is 0 Å². The molecule has 0 aliphatic carbocycles.